The van der Waals surface area contributed by atoms with E-state index in [9.17, 15) is 14.4 Å². The largest absolute Gasteiger partial charge is 0.493 e. The first-order chi connectivity index (χ1) is 13.8. The quantitative estimate of drug-likeness (QED) is 0.750. The number of para-hydroxylation sites is 2. The fourth-order valence-electron chi connectivity index (χ4n) is 3.84. The number of rotatable bonds is 4. The Morgan fingerprint density at radius 3 is 2.62 bits per heavy atom. The Kier molecular flexibility index (Phi) is 4.14. The van der Waals surface area contributed by atoms with Crippen molar-refractivity contribution in [2.75, 3.05) is 20.7 Å². The molecule has 0 bridgehead atoms. The molecule has 10 nitrogen and oxygen atoms in total. The van der Waals surface area contributed by atoms with Crippen LogP contribution >= 0.6 is 0 Å². The number of carbonyl (C=O) groups is 3. The van der Waals surface area contributed by atoms with E-state index in [2.05, 4.69) is 4.99 Å². The number of methoxy groups -OCH3 is 1. The molecule has 1 unspecified atom stereocenters. The Bertz CT molecular complexity index is 1100. The summed E-state index contributed by atoms with van der Waals surface area (Å²) in [5.74, 6) is 0.161. The van der Waals surface area contributed by atoms with Gasteiger partial charge in [-0.25, -0.2) is 9.36 Å². The Hall–Kier alpha value is -3.69. The van der Waals surface area contributed by atoms with Crippen molar-refractivity contribution in [3.8, 4) is 11.4 Å². The summed E-state index contributed by atoms with van der Waals surface area (Å²) in [5.41, 5.74) is 7.68. The molecule has 0 spiro atoms. The SMILES string of the molecule is COc1ccccc1-n1c(C)c(C)[n+]2c1N=C1C2C(=O)N(CC(N)=O)C(=O)N1C. The van der Waals surface area contributed by atoms with E-state index in [1.165, 1.54) is 11.9 Å². The van der Waals surface area contributed by atoms with Gasteiger partial charge in [0, 0.05) is 7.05 Å². The smallest absolute Gasteiger partial charge is 0.407 e. The second-order valence-electron chi connectivity index (χ2n) is 6.95. The normalized spacial score (nSPS) is 17.9. The first-order valence-corrected chi connectivity index (χ1v) is 9.00. The minimum Gasteiger partial charge on any atom is -0.493 e. The number of ether oxygens (including phenoxy) is 1. The van der Waals surface area contributed by atoms with Crippen LogP contribution in [0.4, 0.5) is 10.7 Å². The summed E-state index contributed by atoms with van der Waals surface area (Å²) < 4.78 is 9.16. The first kappa shape index (κ1) is 18.7. The molecule has 2 aromatic rings. The molecule has 0 aliphatic carbocycles. The molecule has 10 heteroatoms. The minimum absolute atomic E-state index is 0.308. The standard InChI is InChI=1S/C19H20N6O4/c1-10-11(2)25-15-16(22(3)19(28)23(17(15)27)9-14(20)26)21-18(25)24(10)12-7-5-6-8-13(12)29-4/h5-8,15H,9H2,1-4H3,(H-,20,26)/p+1. The highest BCUT2D eigenvalue weighted by Crippen LogP contribution is 2.35. The number of imide groups is 1. The van der Waals surface area contributed by atoms with Crippen molar-refractivity contribution in [3.05, 3.63) is 35.7 Å². The van der Waals surface area contributed by atoms with Crippen LogP contribution in [0.25, 0.3) is 5.69 Å². The number of nitrogens with two attached hydrogens (primary N) is 1. The Morgan fingerprint density at radius 1 is 1.28 bits per heavy atom. The van der Waals surface area contributed by atoms with E-state index >= 15 is 0 Å². The zero-order valence-corrected chi connectivity index (χ0v) is 16.5. The molecule has 4 amide bonds. The van der Waals surface area contributed by atoms with Gasteiger partial charge in [-0.1, -0.05) is 17.1 Å². The number of aromatic nitrogens is 2. The molecule has 3 heterocycles. The molecule has 0 radical (unpaired) electrons. The van der Waals surface area contributed by atoms with Gasteiger partial charge in [-0.05, 0) is 26.0 Å². The van der Waals surface area contributed by atoms with Crippen LogP contribution in [0.5, 0.6) is 5.75 Å². The summed E-state index contributed by atoms with van der Waals surface area (Å²) >= 11 is 0. The highest BCUT2D eigenvalue weighted by atomic mass is 16.5. The number of primary amides is 1. The van der Waals surface area contributed by atoms with Gasteiger partial charge in [0.25, 0.3) is 5.91 Å². The van der Waals surface area contributed by atoms with Crippen molar-refractivity contribution in [2.24, 2.45) is 10.7 Å². The monoisotopic (exact) mass is 397 g/mol. The number of amidine groups is 1. The molecule has 4 rings (SSSR count). The third kappa shape index (κ3) is 2.52. The van der Waals surface area contributed by atoms with Gasteiger partial charge < -0.3 is 10.5 Å². The van der Waals surface area contributed by atoms with Crippen molar-refractivity contribution < 1.29 is 23.7 Å². The second kappa shape index (κ2) is 6.43. The van der Waals surface area contributed by atoms with Crippen LogP contribution in [0.3, 0.4) is 0 Å². The minimum atomic E-state index is -0.846. The van der Waals surface area contributed by atoms with E-state index in [1.54, 1.807) is 11.7 Å². The molecular formula is C19H21N6O4+. The second-order valence-corrected chi connectivity index (χ2v) is 6.95. The first-order valence-electron chi connectivity index (χ1n) is 9.00. The fraction of sp³-hybridized carbons (Fsp3) is 0.316. The maximum Gasteiger partial charge on any atom is 0.407 e. The van der Waals surface area contributed by atoms with Gasteiger partial charge in [-0.3, -0.25) is 19.4 Å². The Labute approximate surface area is 166 Å². The molecule has 0 saturated carbocycles. The van der Waals surface area contributed by atoms with Gasteiger partial charge in [-0.15, -0.1) is 0 Å². The van der Waals surface area contributed by atoms with Crippen LogP contribution in [0.2, 0.25) is 0 Å². The van der Waals surface area contributed by atoms with Crippen LogP contribution in [0.15, 0.2) is 29.3 Å². The number of fused-ring (bicyclic) bond motifs is 3. The molecule has 29 heavy (non-hydrogen) atoms. The summed E-state index contributed by atoms with van der Waals surface area (Å²) in [4.78, 5) is 43.9. The molecule has 150 valence electrons. The highest BCUT2D eigenvalue weighted by molar-refractivity contribution is 6.19. The number of nitrogens with zero attached hydrogens (tertiary/aromatic N) is 5. The topological polar surface area (TPSA) is 114 Å². The van der Waals surface area contributed by atoms with E-state index in [1.807, 2.05) is 42.7 Å². The summed E-state index contributed by atoms with van der Waals surface area (Å²) in [6, 6.07) is 6.00. The number of benzene rings is 1. The van der Waals surface area contributed by atoms with Gasteiger partial charge in [-0.2, -0.15) is 4.57 Å². The molecule has 1 fully saturated rings. The van der Waals surface area contributed by atoms with Crippen LogP contribution in [0, 0.1) is 13.8 Å². The van der Waals surface area contributed by atoms with Crippen LogP contribution in [-0.2, 0) is 9.59 Å². The van der Waals surface area contributed by atoms with Crippen LogP contribution in [0.1, 0.15) is 17.4 Å². The van der Waals surface area contributed by atoms with Gasteiger partial charge in [0.2, 0.25) is 17.8 Å². The molecule has 2 aliphatic rings. The molecule has 2 N–H and O–H groups in total. The molecule has 1 aromatic heterocycles. The average Bonchev–Trinajstić information content (AvgIpc) is 3.19. The molecule has 1 atom stereocenters. The van der Waals surface area contributed by atoms with E-state index in [0.29, 0.717) is 17.5 Å². The number of hydrogen-bond donors (Lipinski definition) is 1. The predicted octanol–water partition coefficient (Wildman–Crippen LogP) is 0.354. The lowest BCUT2D eigenvalue weighted by Gasteiger charge is -2.32. The summed E-state index contributed by atoms with van der Waals surface area (Å²) in [5, 5.41) is 0. The number of imidazole rings is 1. The molecule has 2 aliphatic heterocycles. The van der Waals surface area contributed by atoms with Crippen LogP contribution < -0.4 is 15.0 Å². The lowest BCUT2D eigenvalue weighted by molar-refractivity contribution is -0.682. The zero-order chi connectivity index (χ0) is 21.0. The van der Waals surface area contributed by atoms with Crippen molar-refractivity contribution in [2.45, 2.75) is 19.9 Å². The lowest BCUT2D eigenvalue weighted by atomic mass is 10.1. The van der Waals surface area contributed by atoms with Crippen molar-refractivity contribution in [1.82, 2.24) is 14.4 Å². The highest BCUT2D eigenvalue weighted by Gasteiger charge is 2.54. The van der Waals surface area contributed by atoms with Crippen molar-refractivity contribution in [3.63, 3.8) is 0 Å². The number of aliphatic imine (C=N–C) groups is 1. The van der Waals surface area contributed by atoms with Crippen LogP contribution in [-0.4, -0.2) is 58.8 Å². The maximum atomic E-state index is 13.1. The van der Waals surface area contributed by atoms with Gasteiger partial charge in [0.1, 0.15) is 23.6 Å². The molecular weight excluding hydrogens is 376 g/mol. The van der Waals surface area contributed by atoms with E-state index in [-0.39, 0.29) is 0 Å². The zero-order valence-electron chi connectivity index (χ0n) is 16.5. The van der Waals surface area contributed by atoms with E-state index < -0.39 is 30.4 Å². The summed E-state index contributed by atoms with van der Waals surface area (Å²) in [6.07, 6.45) is 0. The number of likely N-dealkylation sites (N-methyl/N-ethyl adjacent to an activating group) is 1. The lowest BCUT2D eigenvalue weighted by Crippen LogP contribution is -2.64. The maximum absolute atomic E-state index is 13.1. The van der Waals surface area contributed by atoms with Gasteiger partial charge >= 0.3 is 12.0 Å². The van der Waals surface area contributed by atoms with E-state index in [0.717, 1.165) is 22.0 Å². The summed E-state index contributed by atoms with van der Waals surface area (Å²) in [6.45, 7) is 3.32. The Morgan fingerprint density at radius 2 is 1.97 bits per heavy atom. The summed E-state index contributed by atoms with van der Waals surface area (Å²) in [7, 11) is 3.11. The predicted molar refractivity (Wildman–Crippen MR) is 102 cm³/mol. The van der Waals surface area contributed by atoms with Crippen molar-refractivity contribution >= 4 is 29.6 Å². The Balaban J connectivity index is 1.92. The third-order valence-electron chi connectivity index (χ3n) is 5.35. The number of carbonyl (C=O) groups excluding carboxylic acids is 3. The fourth-order valence-corrected chi connectivity index (χ4v) is 3.84. The third-order valence-corrected chi connectivity index (χ3v) is 5.35. The van der Waals surface area contributed by atoms with Gasteiger partial charge in [0.15, 0.2) is 5.75 Å². The molecule has 1 saturated heterocycles. The van der Waals surface area contributed by atoms with Crippen molar-refractivity contribution in [1.29, 1.82) is 0 Å². The van der Waals surface area contributed by atoms with Gasteiger partial charge in [0.05, 0.1) is 7.11 Å². The van der Waals surface area contributed by atoms with E-state index in [4.69, 9.17) is 10.5 Å². The molecule has 1 aromatic carbocycles. The number of urea groups is 1. The number of hydrogen-bond acceptors (Lipinski definition) is 5. The number of amides is 4. The average molecular weight is 397 g/mol.